The second kappa shape index (κ2) is 5.57. The lowest BCUT2D eigenvalue weighted by molar-refractivity contribution is -0.121. The zero-order valence-corrected chi connectivity index (χ0v) is 12.4. The third-order valence-electron chi connectivity index (χ3n) is 3.15. The van der Waals surface area contributed by atoms with Crippen LogP contribution in [0.1, 0.15) is 30.7 Å². The van der Waals surface area contributed by atoms with Crippen LogP contribution in [0, 0.1) is 12.8 Å². The standard InChI is InChI=1S/C14H18N2O2S/c1-8-6-12(17)16-15-11(8)5-9(2)14-13(18-4)10(3)7-19-14/h5,7-8H,6H2,1-4H3,(H,16,17). The van der Waals surface area contributed by atoms with Crippen molar-refractivity contribution in [3.05, 3.63) is 21.9 Å². The molecule has 0 aliphatic carbocycles. The molecule has 0 saturated heterocycles. The Balaban J connectivity index is 2.30. The van der Waals surface area contributed by atoms with Crippen molar-refractivity contribution in [2.45, 2.75) is 27.2 Å². The van der Waals surface area contributed by atoms with E-state index in [1.807, 2.05) is 26.8 Å². The second-order valence-corrected chi connectivity index (χ2v) is 5.66. The highest BCUT2D eigenvalue weighted by Gasteiger charge is 2.19. The monoisotopic (exact) mass is 278 g/mol. The highest BCUT2D eigenvalue weighted by molar-refractivity contribution is 7.11. The number of methoxy groups -OCH3 is 1. The number of hydrogen-bond donors (Lipinski definition) is 1. The Bertz CT molecular complexity index is 558. The van der Waals surface area contributed by atoms with Crippen molar-refractivity contribution in [1.29, 1.82) is 0 Å². The molecule has 0 spiro atoms. The summed E-state index contributed by atoms with van der Waals surface area (Å²) in [6, 6.07) is 0. The molecule has 0 bridgehead atoms. The number of hydrazone groups is 1. The van der Waals surface area contributed by atoms with Gasteiger partial charge in [0.05, 0.1) is 17.7 Å². The molecule has 1 aromatic rings. The lowest BCUT2D eigenvalue weighted by Gasteiger charge is -2.17. The van der Waals surface area contributed by atoms with Crippen LogP contribution in [-0.4, -0.2) is 18.7 Å². The zero-order chi connectivity index (χ0) is 14.0. The minimum absolute atomic E-state index is 0.0214. The fourth-order valence-corrected chi connectivity index (χ4v) is 3.08. The van der Waals surface area contributed by atoms with Gasteiger partial charge in [-0.3, -0.25) is 4.79 Å². The number of allylic oxidation sites excluding steroid dienone is 2. The van der Waals surface area contributed by atoms with Crippen LogP contribution in [0.25, 0.3) is 5.57 Å². The fraction of sp³-hybridized carbons (Fsp3) is 0.429. The van der Waals surface area contributed by atoms with Gasteiger partial charge in [-0.1, -0.05) is 6.92 Å². The Hall–Kier alpha value is -1.62. The average Bonchev–Trinajstić information content (AvgIpc) is 2.74. The normalized spacial score (nSPS) is 20.0. The van der Waals surface area contributed by atoms with Crippen LogP contribution in [0.5, 0.6) is 5.75 Å². The van der Waals surface area contributed by atoms with Crippen LogP contribution in [0.15, 0.2) is 16.6 Å². The molecule has 1 unspecified atom stereocenters. The Morgan fingerprint density at radius 1 is 1.63 bits per heavy atom. The van der Waals surface area contributed by atoms with E-state index >= 15 is 0 Å². The molecule has 0 aromatic carbocycles. The molecule has 0 radical (unpaired) electrons. The lowest BCUT2D eigenvalue weighted by Crippen LogP contribution is -2.30. The van der Waals surface area contributed by atoms with Crippen molar-refractivity contribution in [1.82, 2.24) is 5.43 Å². The predicted molar refractivity (Wildman–Crippen MR) is 78.6 cm³/mol. The molecule has 2 heterocycles. The Labute approximate surface area is 117 Å². The first-order valence-electron chi connectivity index (χ1n) is 6.20. The molecule has 1 amide bonds. The average molecular weight is 278 g/mol. The topological polar surface area (TPSA) is 50.7 Å². The number of amides is 1. The molecule has 2 rings (SSSR count). The van der Waals surface area contributed by atoms with Crippen molar-refractivity contribution in [2.75, 3.05) is 7.11 Å². The van der Waals surface area contributed by atoms with Gasteiger partial charge in [-0.05, 0) is 30.9 Å². The van der Waals surface area contributed by atoms with Crippen LogP contribution >= 0.6 is 11.3 Å². The van der Waals surface area contributed by atoms with Gasteiger partial charge in [-0.2, -0.15) is 5.10 Å². The summed E-state index contributed by atoms with van der Waals surface area (Å²) in [5.74, 6) is 1.05. The molecular weight excluding hydrogens is 260 g/mol. The number of carbonyl (C=O) groups is 1. The first-order valence-corrected chi connectivity index (χ1v) is 7.08. The summed E-state index contributed by atoms with van der Waals surface area (Å²) < 4.78 is 5.43. The molecular formula is C14H18N2O2S. The number of rotatable bonds is 3. The summed E-state index contributed by atoms with van der Waals surface area (Å²) in [7, 11) is 1.69. The van der Waals surface area contributed by atoms with E-state index in [4.69, 9.17) is 4.74 Å². The van der Waals surface area contributed by atoms with Gasteiger partial charge in [-0.25, -0.2) is 5.43 Å². The summed E-state index contributed by atoms with van der Waals surface area (Å²) in [5, 5.41) is 6.21. The molecule has 102 valence electrons. The summed E-state index contributed by atoms with van der Waals surface area (Å²) in [4.78, 5) is 12.3. The maximum absolute atomic E-state index is 11.2. The number of thiophene rings is 1. The van der Waals surface area contributed by atoms with Crippen LogP contribution in [0.3, 0.4) is 0 Å². The van der Waals surface area contributed by atoms with E-state index in [1.165, 1.54) is 0 Å². The molecule has 5 heteroatoms. The first kappa shape index (κ1) is 13.8. The van der Waals surface area contributed by atoms with Gasteiger partial charge < -0.3 is 4.74 Å². The fourth-order valence-electron chi connectivity index (χ4n) is 2.09. The Morgan fingerprint density at radius 3 is 3.00 bits per heavy atom. The lowest BCUT2D eigenvalue weighted by atomic mass is 9.98. The second-order valence-electron chi connectivity index (χ2n) is 4.79. The van der Waals surface area contributed by atoms with E-state index in [-0.39, 0.29) is 11.8 Å². The molecule has 1 atom stereocenters. The molecule has 19 heavy (non-hydrogen) atoms. The van der Waals surface area contributed by atoms with Gasteiger partial charge in [-0.15, -0.1) is 11.3 Å². The summed E-state index contributed by atoms with van der Waals surface area (Å²) >= 11 is 1.66. The van der Waals surface area contributed by atoms with Crippen molar-refractivity contribution in [3.63, 3.8) is 0 Å². The van der Waals surface area contributed by atoms with Crippen LogP contribution in [0.4, 0.5) is 0 Å². The highest BCUT2D eigenvalue weighted by Crippen LogP contribution is 2.35. The molecule has 4 nitrogen and oxygen atoms in total. The number of hydrogen-bond acceptors (Lipinski definition) is 4. The third kappa shape index (κ3) is 2.87. The van der Waals surface area contributed by atoms with E-state index in [9.17, 15) is 4.79 Å². The van der Waals surface area contributed by atoms with Crippen molar-refractivity contribution in [2.24, 2.45) is 11.0 Å². The van der Waals surface area contributed by atoms with Crippen LogP contribution in [0.2, 0.25) is 0 Å². The smallest absolute Gasteiger partial charge is 0.240 e. The van der Waals surface area contributed by atoms with Gasteiger partial charge in [0.1, 0.15) is 5.75 Å². The molecule has 1 aliphatic heterocycles. The number of nitrogens with one attached hydrogen (secondary N) is 1. The number of nitrogens with zero attached hydrogens (tertiary/aromatic N) is 1. The number of carbonyl (C=O) groups excluding carboxylic acids is 1. The predicted octanol–water partition coefficient (Wildman–Crippen LogP) is 2.98. The molecule has 1 N–H and O–H groups in total. The third-order valence-corrected chi connectivity index (χ3v) is 4.37. The van der Waals surface area contributed by atoms with Gasteiger partial charge in [0, 0.05) is 17.9 Å². The van der Waals surface area contributed by atoms with Gasteiger partial charge in [0.2, 0.25) is 5.91 Å². The van der Waals surface area contributed by atoms with E-state index in [0.717, 1.165) is 27.5 Å². The van der Waals surface area contributed by atoms with E-state index in [2.05, 4.69) is 15.9 Å². The van der Waals surface area contributed by atoms with Crippen LogP contribution < -0.4 is 10.2 Å². The number of aryl methyl sites for hydroxylation is 1. The SMILES string of the molecule is COc1c(C)csc1C(C)=CC1=NNC(=O)CC1C. The Kier molecular flexibility index (Phi) is 4.04. The first-order chi connectivity index (χ1) is 9.02. The summed E-state index contributed by atoms with van der Waals surface area (Å²) in [6.45, 7) is 6.09. The quantitative estimate of drug-likeness (QED) is 0.924. The minimum Gasteiger partial charge on any atom is -0.495 e. The van der Waals surface area contributed by atoms with Crippen molar-refractivity contribution in [3.8, 4) is 5.75 Å². The largest absolute Gasteiger partial charge is 0.495 e. The minimum atomic E-state index is -0.0214. The zero-order valence-electron chi connectivity index (χ0n) is 11.6. The highest BCUT2D eigenvalue weighted by atomic mass is 32.1. The van der Waals surface area contributed by atoms with Crippen molar-refractivity contribution >= 4 is 28.5 Å². The molecule has 1 aliphatic rings. The maximum atomic E-state index is 11.2. The van der Waals surface area contributed by atoms with Crippen molar-refractivity contribution < 1.29 is 9.53 Å². The summed E-state index contributed by atoms with van der Waals surface area (Å²) in [5.41, 5.74) is 5.69. The number of ether oxygens (including phenoxy) is 1. The van der Waals surface area contributed by atoms with E-state index in [1.54, 1.807) is 18.4 Å². The van der Waals surface area contributed by atoms with Gasteiger partial charge in [0.15, 0.2) is 0 Å². The summed E-state index contributed by atoms with van der Waals surface area (Å²) in [6.07, 6.45) is 2.51. The molecule has 0 saturated carbocycles. The maximum Gasteiger partial charge on any atom is 0.240 e. The van der Waals surface area contributed by atoms with E-state index < -0.39 is 0 Å². The molecule has 0 fully saturated rings. The van der Waals surface area contributed by atoms with Gasteiger partial charge >= 0.3 is 0 Å². The van der Waals surface area contributed by atoms with Crippen LogP contribution in [-0.2, 0) is 4.79 Å². The van der Waals surface area contributed by atoms with Gasteiger partial charge in [0.25, 0.3) is 0 Å². The molecule has 1 aromatic heterocycles. The Morgan fingerprint density at radius 2 is 2.37 bits per heavy atom. The van der Waals surface area contributed by atoms with E-state index in [0.29, 0.717) is 6.42 Å².